The summed E-state index contributed by atoms with van der Waals surface area (Å²) >= 11 is 0. The van der Waals surface area contributed by atoms with Crippen molar-refractivity contribution in [3.8, 4) is 5.69 Å². The molecule has 1 atom stereocenters. The number of amides is 1. The summed E-state index contributed by atoms with van der Waals surface area (Å²) in [7, 11) is 1.73. The van der Waals surface area contributed by atoms with Gasteiger partial charge in [-0.05, 0) is 43.4 Å². The van der Waals surface area contributed by atoms with E-state index in [1.165, 1.54) is 6.07 Å². The number of guanidine groups is 1. The Morgan fingerprint density at radius 1 is 1.45 bits per heavy atom. The number of piperidine rings is 1. The molecule has 1 aliphatic heterocycles. The zero-order valence-electron chi connectivity index (χ0n) is 16.8. The Kier molecular flexibility index (Phi) is 8.42. The van der Waals surface area contributed by atoms with Crippen LogP contribution in [0.15, 0.2) is 35.6 Å². The number of nitrogens with zero attached hydrogens (tertiary/aromatic N) is 4. The third-order valence-corrected chi connectivity index (χ3v) is 5.07. The number of aromatic nitrogens is 2. The maximum atomic E-state index is 14.6. The van der Waals surface area contributed by atoms with Gasteiger partial charge < -0.3 is 20.5 Å². The Morgan fingerprint density at radius 2 is 2.24 bits per heavy atom. The van der Waals surface area contributed by atoms with Crippen LogP contribution in [-0.4, -0.2) is 46.5 Å². The minimum atomic E-state index is -0.296. The fourth-order valence-electron chi connectivity index (χ4n) is 3.71. The van der Waals surface area contributed by atoms with E-state index in [0.29, 0.717) is 18.7 Å². The Labute approximate surface area is 187 Å². The summed E-state index contributed by atoms with van der Waals surface area (Å²) in [5, 5.41) is 3.30. The normalized spacial score (nSPS) is 17.0. The van der Waals surface area contributed by atoms with E-state index in [4.69, 9.17) is 5.73 Å². The van der Waals surface area contributed by atoms with Crippen molar-refractivity contribution in [2.45, 2.75) is 32.7 Å². The zero-order valence-corrected chi connectivity index (χ0v) is 19.1. The van der Waals surface area contributed by atoms with Crippen LogP contribution in [0.3, 0.4) is 0 Å². The number of hydrogen-bond donors (Lipinski definition) is 2. The average molecular weight is 514 g/mol. The molecule has 1 amide bonds. The number of aliphatic imine (C=N–C) groups is 1. The molecule has 0 saturated carbocycles. The molecule has 3 N–H and O–H groups in total. The van der Waals surface area contributed by atoms with Crippen molar-refractivity contribution < 1.29 is 9.18 Å². The SMILES string of the molecule is CN=C(NCc1ccc(-n2ccnc2C)c(F)c1)N1CCCC(CC(N)=O)C1.I. The first-order chi connectivity index (χ1) is 13.5. The molecule has 0 spiro atoms. The van der Waals surface area contributed by atoms with Crippen LogP contribution in [0.1, 0.15) is 30.7 Å². The van der Waals surface area contributed by atoms with Crippen molar-refractivity contribution in [2.24, 2.45) is 16.6 Å². The lowest BCUT2D eigenvalue weighted by Crippen LogP contribution is -2.46. The molecule has 0 aliphatic carbocycles. The summed E-state index contributed by atoms with van der Waals surface area (Å²) in [5.74, 6) is 1.18. The number of rotatable bonds is 5. The molecule has 2 heterocycles. The van der Waals surface area contributed by atoms with E-state index in [9.17, 15) is 9.18 Å². The molecule has 0 radical (unpaired) electrons. The molecular formula is C20H28FIN6O. The van der Waals surface area contributed by atoms with Crippen molar-refractivity contribution in [2.75, 3.05) is 20.1 Å². The number of imidazole rings is 1. The van der Waals surface area contributed by atoms with Crippen LogP contribution < -0.4 is 11.1 Å². The van der Waals surface area contributed by atoms with Gasteiger partial charge in [0, 0.05) is 45.5 Å². The van der Waals surface area contributed by atoms with Crippen LogP contribution in [-0.2, 0) is 11.3 Å². The number of halogens is 2. The van der Waals surface area contributed by atoms with Gasteiger partial charge in [-0.15, -0.1) is 24.0 Å². The molecule has 1 aliphatic rings. The van der Waals surface area contributed by atoms with Crippen molar-refractivity contribution >= 4 is 35.8 Å². The monoisotopic (exact) mass is 514 g/mol. The van der Waals surface area contributed by atoms with Gasteiger partial charge in [0.15, 0.2) is 5.96 Å². The summed E-state index contributed by atoms with van der Waals surface area (Å²) in [6, 6.07) is 5.18. The molecule has 7 nitrogen and oxygen atoms in total. The number of aryl methyl sites for hydroxylation is 1. The topological polar surface area (TPSA) is 88.5 Å². The second-order valence-electron chi connectivity index (χ2n) is 7.16. The largest absolute Gasteiger partial charge is 0.370 e. The van der Waals surface area contributed by atoms with Gasteiger partial charge in [-0.3, -0.25) is 9.79 Å². The van der Waals surface area contributed by atoms with E-state index < -0.39 is 0 Å². The van der Waals surface area contributed by atoms with Gasteiger partial charge in [0.2, 0.25) is 5.91 Å². The number of nitrogens with two attached hydrogens (primary N) is 1. The van der Waals surface area contributed by atoms with Crippen molar-refractivity contribution in [1.82, 2.24) is 19.8 Å². The summed E-state index contributed by atoms with van der Waals surface area (Å²) in [5.41, 5.74) is 6.64. The lowest BCUT2D eigenvalue weighted by molar-refractivity contribution is -0.119. The van der Waals surface area contributed by atoms with Crippen molar-refractivity contribution in [3.63, 3.8) is 0 Å². The second-order valence-corrected chi connectivity index (χ2v) is 7.16. The molecule has 158 valence electrons. The first-order valence-electron chi connectivity index (χ1n) is 9.50. The van der Waals surface area contributed by atoms with Gasteiger partial charge in [-0.25, -0.2) is 9.37 Å². The summed E-state index contributed by atoms with van der Waals surface area (Å²) in [6.07, 6.45) is 5.78. The standard InChI is InChI=1S/C20H27FN6O.HI/c1-14-24-7-9-27(14)18-6-5-15(10-17(18)21)12-25-20(23-2)26-8-3-4-16(13-26)11-19(22)28;/h5-7,9-10,16H,3-4,8,11-13H2,1-2H3,(H2,22,28)(H,23,25);1H. The molecule has 1 aromatic carbocycles. The fourth-order valence-corrected chi connectivity index (χ4v) is 3.71. The summed E-state index contributed by atoms with van der Waals surface area (Å²) in [6.45, 7) is 3.92. The van der Waals surface area contributed by atoms with Gasteiger partial charge in [0.1, 0.15) is 11.6 Å². The predicted octanol–water partition coefficient (Wildman–Crippen LogP) is 2.60. The van der Waals surface area contributed by atoms with E-state index in [-0.39, 0.29) is 41.6 Å². The number of carbonyl (C=O) groups is 1. The molecule has 29 heavy (non-hydrogen) atoms. The minimum absolute atomic E-state index is 0. The van der Waals surface area contributed by atoms with E-state index >= 15 is 0 Å². The molecule has 0 bridgehead atoms. The van der Waals surface area contributed by atoms with Crippen LogP contribution in [0.4, 0.5) is 4.39 Å². The smallest absolute Gasteiger partial charge is 0.217 e. The second kappa shape index (κ2) is 10.6. The number of carbonyl (C=O) groups excluding carboxylic acids is 1. The minimum Gasteiger partial charge on any atom is -0.370 e. The van der Waals surface area contributed by atoms with E-state index in [1.54, 1.807) is 30.1 Å². The van der Waals surface area contributed by atoms with Crippen molar-refractivity contribution in [1.29, 1.82) is 0 Å². The first kappa shape index (κ1) is 23.1. The van der Waals surface area contributed by atoms with E-state index in [2.05, 4.69) is 20.2 Å². The molecule has 1 unspecified atom stereocenters. The molecule has 1 aromatic heterocycles. The highest BCUT2D eigenvalue weighted by Gasteiger charge is 2.23. The quantitative estimate of drug-likeness (QED) is 0.365. The number of benzene rings is 1. The lowest BCUT2D eigenvalue weighted by atomic mass is 9.95. The van der Waals surface area contributed by atoms with Crippen LogP contribution in [0, 0.1) is 18.7 Å². The maximum absolute atomic E-state index is 14.6. The highest BCUT2D eigenvalue weighted by molar-refractivity contribution is 14.0. The Hall–Kier alpha value is -2.17. The first-order valence-corrected chi connectivity index (χ1v) is 9.50. The van der Waals surface area contributed by atoms with Gasteiger partial charge in [-0.1, -0.05) is 6.07 Å². The third-order valence-electron chi connectivity index (χ3n) is 5.07. The van der Waals surface area contributed by atoms with Gasteiger partial charge in [0.25, 0.3) is 0 Å². The van der Waals surface area contributed by atoms with Gasteiger partial charge in [0.05, 0.1) is 5.69 Å². The predicted molar refractivity (Wildman–Crippen MR) is 122 cm³/mol. The molecular weight excluding hydrogens is 486 g/mol. The van der Waals surface area contributed by atoms with Crippen LogP contribution in [0.2, 0.25) is 0 Å². The molecule has 2 aromatic rings. The van der Waals surface area contributed by atoms with Gasteiger partial charge in [-0.2, -0.15) is 0 Å². The van der Waals surface area contributed by atoms with E-state index in [1.807, 2.05) is 13.0 Å². The molecule has 3 rings (SSSR count). The Balaban J connectivity index is 0.00000300. The highest BCUT2D eigenvalue weighted by atomic mass is 127. The Bertz CT molecular complexity index is 868. The highest BCUT2D eigenvalue weighted by Crippen LogP contribution is 2.20. The molecule has 1 saturated heterocycles. The van der Waals surface area contributed by atoms with Crippen LogP contribution >= 0.6 is 24.0 Å². The average Bonchev–Trinajstić information content (AvgIpc) is 3.08. The van der Waals surface area contributed by atoms with Crippen molar-refractivity contribution in [3.05, 3.63) is 47.8 Å². The van der Waals surface area contributed by atoms with Crippen LogP contribution in [0.5, 0.6) is 0 Å². The fraction of sp³-hybridized carbons (Fsp3) is 0.450. The third kappa shape index (κ3) is 5.91. The number of nitrogens with one attached hydrogen (secondary N) is 1. The van der Waals surface area contributed by atoms with Crippen LogP contribution in [0.25, 0.3) is 5.69 Å². The summed E-state index contributed by atoms with van der Waals surface area (Å²) < 4.78 is 16.3. The molecule has 9 heteroatoms. The summed E-state index contributed by atoms with van der Waals surface area (Å²) in [4.78, 5) is 21.8. The zero-order chi connectivity index (χ0) is 20.1. The van der Waals surface area contributed by atoms with E-state index in [0.717, 1.165) is 43.3 Å². The number of primary amides is 1. The number of hydrogen-bond acceptors (Lipinski definition) is 3. The number of likely N-dealkylation sites (tertiary alicyclic amines) is 1. The van der Waals surface area contributed by atoms with Gasteiger partial charge >= 0.3 is 0 Å². The Morgan fingerprint density at radius 3 is 2.86 bits per heavy atom. The lowest BCUT2D eigenvalue weighted by Gasteiger charge is -2.34. The maximum Gasteiger partial charge on any atom is 0.217 e. The molecule has 1 fully saturated rings.